The molecule has 0 bridgehead atoms. The Balaban J connectivity index is 1.87. The third-order valence-electron chi connectivity index (χ3n) is 5.24. The number of amides is 1. The zero-order valence-electron chi connectivity index (χ0n) is 16.8. The fourth-order valence-corrected chi connectivity index (χ4v) is 4.19. The highest BCUT2D eigenvalue weighted by molar-refractivity contribution is 9.10. The highest BCUT2D eigenvalue weighted by atomic mass is 79.9. The predicted molar refractivity (Wildman–Crippen MR) is 121 cm³/mol. The van der Waals surface area contributed by atoms with Crippen LogP contribution in [0.2, 0.25) is 0 Å². The van der Waals surface area contributed by atoms with E-state index in [9.17, 15) is 14.7 Å². The molecular weight excluding hydrogens is 458 g/mol. The number of aliphatic hydroxyl groups is 1. The van der Waals surface area contributed by atoms with Crippen molar-refractivity contribution >= 4 is 33.4 Å². The van der Waals surface area contributed by atoms with E-state index in [1.54, 1.807) is 24.3 Å². The molecule has 1 atom stereocenters. The highest BCUT2D eigenvalue weighted by Gasteiger charge is 2.46. The van der Waals surface area contributed by atoms with E-state index >= 15 is 0 Å². The quantitative estimate of drug-likeness (QED) is 0.316. The Morgan fingerprint density at radius 2 is 1.74 bits per heavy atom. The molecule has 31 heavy (non-hydrogen) atoms. The van der Waals surface area contributed by atoms with Crippen molar-refractivity contribution < 1.29 is 19.4 Å². The Bertz CT molecular complexity index is 1170. The lowest BCUT2D eigenvalue weighted by Crippen LogP contribution is -2.29. The molecule has 1 aliphatic heterocycles. The van der Waals surface area contributed by atoms with E-state index < -0.39 is 17.7 Å². The second-order valence-corrected chi connectivity index (χ2v) is 8.12. The third-order valence-corrected chi connectivity index (χ3v) is 5.74. The molecule has 6 heteroatoms. The van der Waals surface area contributed by atoms with Crippen LogP contribution in [0.15, 0.2) is 88.9 Å². The number of carbonyl (C=O) groups excluding carboxylic acids is 2. The maximum Gasteiger partial charge on any atom is 0.295 e. The van der Waals surface area contributed by atoms with Crippen molar-refractivity contribution in [3.8, 4) is 5.75 Å². The second-order valence-electron chi connectivity index (χ2n) is 7.20. The number of benzene rings is 3. The number of rotatable bonds is 5. The average molecular weight is 478 g/mol. The summed E-state index contributed by atoms with van der Waals surface area (Å²) in [5.74, 6) is -1.03. The molecule has 156 valence electrons. The molecule has 1 fully saturated rings. The van der Waals surface area contributed by atoms with Gasteiger partial charge in [-0.3, -0.25) is 9.59 Å². The summed E-state index contributed by atoms with van der Waals surface area (Å²) < 4.78 is 6.06. The zero-order chi connectivity index (χ0) is 22.0. The van der Waals surface area contributed by atoms with Crippen molar-refractivity contribution in [3.05, 3.63) is 106 Å². The monoisotopic (exact) mass is 477 g/mol. The molecule has 0 radical (unpaired) electrons. The second kappa shape index (κ2) is 8.78. The molecule has 5 nitrogen and oxygen atoms in total. The minimum absolute atomic E-state index is 0.0623. The highest BCUT2D eigenvalue weighted by Crippen LogP contribution is 2.41. The lowest BCUT2D eigenvalue weighted by molar-refractivity contribution is -0.140. The number of ether oxygens (including phenoxy) is 1. The number of aliphatic hydroxyl groups excluding tert-OH is 1. The number of hydrogen-bond donors (Lipinski definition) is 1. The molecule has 1 heterocycles. The van der Waals surface area contributed by atoms with Gasteiger partial charge >= 0.3 is 0 Å². The van der Waals surface area contributed by atoms with Crippen molar-refractivity contribution in [1.82, 2.24) is 4.90 Å². The van der Waals surface area contributed by atoms with Crippen molar-refractivity contribution in [3.63, 3.8) is 0 Å². The fraction of sp³-hybridized carbons (Fsp3) is 0.120. The summed E-state index contributed by atoms with van der Waals surface area (Å²) in [6.45, 7) is 0.248. The number of likely N-dealkylation sites (tertiary alicyclic amines) is 1. The van der Waals surface area contributed by atoms with Crippen LogP contribution in [0, 0.1) is 0 Å². The van der Waals surface area contributed by atoms with Gasteiger partial charge in [0, 0.05) is 16.6 Å². The number of hydrogen-bond acceptors (Lipinski definition) is 4. The number of ketones is 1. The first-order valence-corrected chi connectivity index (χ1v) is 10.5. The van der Waals surface area contributed by atoms with Gasteiger partial charge in [0.15, 0.2) is 0 Å². The first kappa shape index (κ1) is 20.9. The summed E-state index contributed by atoms with van der Waals surface area (Å²) in [4.78, 5) is 27.6. The van der Waals surface area contributed by atoms with E-state index in [2.05, 4.69) is 15.9 Å². The van der Waals surface area contributed by atoms with Crippen LogP contribution < -0.4 is 4.74 Å². The Morgan fingerprint density at radius 1 is 1.00 bits per heavy atom. The zero-order valence-corrected chi connectivity index (χ0v) is 18.4. The van der Waals surface area contributed by atoms with E-state index in [4.69, 9.17) is 4.74 Å². The summed E-state index contributed by atoms with van der Waals surface area (Å²) in [6, 6.07) is 23.0. The normalized spacial score (nSPS) is 17.7. The van der Waals surface area contributed by atoms with E-state index in [0.29, 0.717) is 11.3 Å². The molecule has 0 aliphatic carbocycles. The van der Waals surface area contributed by atoms with Gasteiger partial charge in [0.05, 0.1) is 18.7 Å². The first-order valence-electron chi connectivity index (χ1n) is 9.72. The van der Waals surface area contributed by atoms with Crippen LogP contribution in [0.1, 0.15) is 22.7 Å². The SMILES string of the molecule is COc1cccc(/C(O)=C2\C(=O)C(=O)N(Cc3ccccc3)C2c2cccc(Br)c2)c1. The molecule has 3 aromatic rings. The van der Waals surface area contributed by atoms with Crippen LogP contribution in [0.25, 0.3) is 5.76 Å². The largest absolute Gasteiger partial charge is 0.507 e. The lowest BCUT2D eigenvalue weighted by atomic mass is 9.95. The molecule has 1 amide bonds. The van der Waals surface area contributed by atoms with Crippen LogP contribution in [-0.4, -0.2) is 28.8 Å². The molecule has 0 aromatic heterocycles. The molecule has 1 N–H and O–H groups in total. The van der Waals surface area contributed by atoms with Gasteiger partial charge in [-0.2, -0.15) is 0 Å². The van der Waals surface area contributed by atoms with Crippen molar-refractivity contribution in [1.29, 1.82) is 0 Å². The Morgan fingerprint density at radius 3 is 2.45 bits per heavy atom. The van der Waals surface area contributed by atoms with Gasteiger partial charge < -0.3 is 14.7 Å². The van der Waals surface area contributed by atoms with Gasteiger partial charge in [-0.15, -0.1) is 0 Å². The van der Waals surface area contributed by atoms with Gasteiger partial charge in [0.1, 0.15) is 11.5 Å². The number of methoxy groups -OCH3 is 1. The lowest BCUT2D eigenvalue weighted by Gasteiger charge is -2.25. The number of Topliss-reactive ketones (excluding diaryl/α,β-unsaturated/α-hetero) is 1. The summed E-state index contributed by atoms with van der Waals surface area (Å²) in [6.07, 6.45) is 0. The maximum atomic E-state index is 13.1. The van der Waals surface area contributed by atoms with E-state index in [1.165, 1.54) is 12.0 Å². The van der Waals surface area contributed by atoms with E-state index in [-0.39, 0.29) is 17.9 Å². The van der Waals surface area contributed by atoms with Crippen LogP contribution in [0.4, 0.5) is 0 Å². The molecule has 1 unspecified atom stereocenters. The van der Waals surface area contributed by atoms with Crippen molar-refractivity contribution in [2.75, 3.05) is 7.11 Å². The maximum absolute atomic E-state index is 13.1. The fourth-order valence-electron chi connectivity index (χ4n) is 3.77. The van der Waals surface area contributed by atoms with Gasteiger partial charge in [-0.05, 0) is 35.4 Å². The van der Waals surface area contributed by atoms with Crippen molar-refractivity contribution in [2.45, 2.75) is 12.6 Å². The van der Waals surface area contributed by atoms with E-state index in [1.807, 2.05) is 54.6 Å². The Kier molecular flexibility index (Phi) is 5.91. The topological polar surface area (TPSA) is 66.8 Å². The molecule has 4 rings (SSSR count). The van der Waals surface area contributed by atoms with Gasteiger partial charge in [-0.1, -0.05) is 70.5 Å². The summed E-state index contributed by atoms with van der Waals surface area (Å²) in [5.41, 5.74) is 2.10. The molecular formula is C25H20BrNO4. The number of halogens is 1. The third kappa shape index (κ3) is 4.11. The number of carbonyl (C=O) groups is 2. The van der Waals surface area contributed by atoms with Crippen molar-refractivity contribution in [2.24, 2.45) is 0 Å². The molecule has 1 saturated heterocycles. The molecule has 0 spiro atoms. The Labute approximate surface area is 188 Å². The van der Waals surface area contributed by atoms with E-state index in [0.717, 1.165) is 15.6 Å². The predicted octanol–water partition coefficient (Wildman–Crippen LogP) is 5.08. The van der Waals surface area contributed by atoms with Crippen LogP contribution in [0.5, 0.6) is 5.75 Å². The van der Waals surface area contributed by atoms with Crippen LogP contribution >= 0.6 is 15.9 Å². The van der Waals surface area contributed by atoms with Crippen LogP contribution in [0.3, 0.4) is 0 Å². The minimum Gasteiger partial charge on any atom is -0.507 e. The van der Waals surface area contributed by atoms with Gasteiger partial charge in [0.2, 0.25) is 0 Å². The molecule has 1 aliphatic rings. The Hall–Kier alpha value is -3.38. The molecule has 3 aromatic carbocycles. The standard InChI is InChI=1S/C25H20BrNO4/c1-31-20-12-6-10-18(14-20)23(28)21-22(17-9-5-11-19(26)13-17)27(25(30)24(21)29)15-16-7-3-2-4-8-16/h2-14,22,28H,15H2,1H3/b23-21+. The summed E-state index contributed by atoms with van der Waals surface area (Å²) >= 11 is 3.46. The van der Waals surface area contributed by atoms with Crippen LogP contribution in [-0.2, 0) is 16.1 Å². The minimum atomic E-state index is -0.719. The molecule has 0 saturated carbocycles. The van der Waals surface area contributed by atoms with Gasteiger partial charge in [-0.25, -0.2) is 0 Å². The summed E-state index contributed by atoms with van der Waals surface area (Å²) in [7, 11) is 1.53. The average Bonchev–Trinajstić information content (AvgIpc) is 3.04. The smallest absolute Gasteiger partial charge is 0.295 e. The first-order chi connectivity index (χ1) is 15.0. The van der Waals surface area contributed by atoms with Gasteiger partial charge in [0.25, 0.3) is 11.7 Å². The summed E-state index contributed by atoms with van der Waals surface area (Å²) in [5, 5.41) is 11.1. The number of nitrogens with zero attached hydrogens (tertiary/aromatic N) is 1.